The Hall–Kier alpha value is -1.56. The minimum Gasteiger partial charge on any atom is -0.342 e. The van der Waals surface area contributed by atoms with E-state index in [2.05, 4.69) is 29.2 Å². The van der Waals surface area contributed by atoms with Crippen molar-refractivity contribution in [1.82, 2.24) is 9.80 Å². The molecule has 150 valence electrons. The summed E-state index contributed by atoms with van der Waals surface area (Å²) in [4.78, 5) is 16.3. The number of hydrogen-bond donors (Lipinski definition) is 0. The Morgan fingerprint density at radius 3 is 2.59 bits per heavy atom. The quantitative estimate of drug-likeness (QED) is 0.733. The summed E-state index contributed by atoms with van der Waals surface area (Å²) in [5, 5.41) is 0. The van der Waals surface area contributed by atoms with Gasteiger partial charge in [0.1, 0.15) is 0 Å². The number of nitrogens with zero attached hydrogens (tertiary/aromatic N) is 2. The Morgan fingerprint density at radius 2 is 1.85 bits per heavy atom. The third-order valence-corrected chi connectivity index (χ3v) is 5.94. The Kier molecular flexibility index (Phi) is 6.45. The first-order valence-electron chi connectivity index (χ1n) is 9.96. The minimum atomic E-state index is -4.26. The van der Waals surface area contributed by atoms with E-state index >= 15 is 0 Å². The molecule has 1 aromatic rings. The minimum absolute atomic E-state index is 0.0822. The number of aryl methyl sites for hydroxylation is 1. The van der Waals surface area contributed by atoms with Gasteiger partial charge in [0.2, 0.25) is 5.91 Å². The molecule has 6 heteroatoms. The van der Waals surface area contributed by atoms with Crippen LogP contribution in [0, 0.1) is 5.41 Å². The number of halogens is 3. The van der Waals surface area contributed by atoms with Crippen LogP contribution in [0.4, 0.5) is 13.2 Å². The summed E-state index contributed by atoms with van der Waals surface area (Å²) >= 11 is 0. The fourth-order valence-electron chi connectivity index (χ4n) is 4.54. The maximum Gasteiger partial charge on any atom is 0.389 e. The number of benzene rings is 1. The fraction of sp³-hybridized carbons (Fsp3) is 0.667. The van der Waals surface area contributed by atoms with Gasteiger partial charge in [-0.05, 0) is 50.8 Å². The predicted octanol–water partition coefficient (Wildman–Crippen LogP) is 4.28. The Labute approximate surface area is 159 Å². The summed E-state index contributed by atoms with van der Waals surface area (Å²) in [7, 11) is 0. The zero-order chi connectivity index (χ0) is 19.3. The SMILES string of the molecule is O=C(CCC(F)(F)F)N1CCC2(CCCN(CCCc3ccccc3)C2)C1. The van der Waals surface area contributed by atoms with Gasteiger partial charge in [-0.1, -0.05) is 30.3 Å². The van der Waals surface area contributed by atoms with E-state index in [1.54, 1.807) is 4.90 Å². The molecule has 1 aromatic carbocycles. The van der Waals surface area contributed by atoms with Gasteiger partial charge in [-0.15, -0.1) is 0 Å². The molecule has 0 bridgehead atoms. The molecule has 1 amide bonds. The number of carbonyl (C=O) groups excluding carboxylic acids is 1. The summed E-state index contributed by atoms with van der Waals surface area (Å²) < 4.78 is 37.1. The lowest BCUT2D eigenvalue weighted by atomic mass is 9.79. The Bertz CT molecular complexity index is 620. The number of amides is 1. The highest BCUT2D eigenvalue weighted by Crippen LogP contribution is 2.39. The number of hydrogen-bond acceptors (Lipinski definition) is 2. The molecule has 0 aliphatic carbocycles. The maximum absolute atomic E-state index is 12.4. The van der Waals surface area contributed by atoms with Crippen molar-refractivity contribution in [2.75, 3.05) is 32.7 Å². The molecule has 0 radical (unpaired) electrons. The summed E-state index contributed by atoms with van der Waals surface area (Å²) in [6.07, 6.45) is -0.420. The van der Waals surface area contributed by atoms with Gasteiger partial charge in [-0.3, -0.25) is 4.79 Å². The van der Waals surface area contributed by atoms with Crippen LogP contribution in [0.1, 0.15) is 44.1 Å². The van der Waals surface area contributed by atoms with Gasteiger partial charge >= 0.3 is 6.18 Å². The third kappa shape index (κ3) is 5.96. The van der Waals surface area contributed by atoms with Crippen LogP contribution in [-0.4, -0.2) is 54.6 Å². The lowest BCUT2D eigenvalue weighted by Crippen LogP contribution is -2.45. The molecule has 0 N–H and O–H groups in total. The first kappa shape index (κ1) is 20.2. The van der Waals surface area contributed by atoms with E-state index in [0.717, 1.165) is 51.7 Å². The average molecular weight is 382 g/mol. The van der Waals surface area contributed by atoms with Crippen molar-refractivity contribution in [1.29, 1.82) is 0 Å². The highest BCUT2D eigenvalue weighted by molar-refractivity contribution is 5.76. The van der Waals surface area contributed by atoms with Gasteiger partial charge in [-0.25, -0.2) is 0 Å². The number of piperidine rings is 1. The number of carbonyl (C=O) groups is 1. The molecule has 1 spiro atoms. The van der Waals surface area contributed by atoms with Gasteiger partial charge in [0, 0.05) is 31.5 Å². The number of alkyl halides is 3. The molecule has 1 atom stereocenters. The second-order valence-electron chi connectivity index (χ2n) is 8.15. The number of rotatable bonds is 6. The first-order chi connectivity index (χ1) is 12.9. The zero-order valence-corrected chi connectivity index (χ0v) is 15.8. The lowest BCUT2D eigenvalue weighted by Gasteiger charge is -2.40. The molecule has 2 fully saturated rings. The van der Waals surface area contributed by atoms with E-state index in [-0.39, 0.29) is 11.3 Å². The van der Waals surface area contributed by atoms with Crippen LogP contribution in [0.15, 0.2) is 30.3 Å². The van der Waals surface area contributed by atoms with Gasteiger partial charge in [0.15, 0.2) is 0 Å². The zero-order valence-electron chi connectivity index (χ0n) is 15.8. The van der Waals surface area contributed by atoms with Crippen LogP contribution in [0.5, 0.6) is 0 Å². The van der Waals surface area contributed by atoms with Crippen molar-refractivity contribution in [3.05, 3.63) is 35.9 Å². The van der Waals surface area contributed by atoms with Gasteiger partial charge < -0.3 is 9.80 Å². The van der Waals surface area contributed by atoms with E-state index in [4.69, 9.17) is 0 Å². The molecule has 0 aromatic heterocycles. The van der Waals surface area contributed by atoms with Crippen LogP contribution in [0.2, 0.25) is 0 Å². The van der Waals surface area contributed by atoms with Crippen molar-refractivity contribution < 1.29 is 18.0 Å². The van der Waals surface area contributed by atoms with Gasteiger partial charge in [0.05, 0.1) is 6.42 Å². The van der Waals surface area contributed by atoms with Crippen molar-refractivity contribution in [2.24, 2.45) is 5.41 Å². The average Bonchev–Trinajstić information content (AvgIpc) is 3.03. The van der Waals surface area contributed by atoms with Crippen molar-refractivity contribution >= 4 is 5.91 Å². The molecule has 1 unspecified atom stereocenters. The van der Waals surface area contributed by atoms with E-state index in [1.807, 2.05) is 6.07 Å². The Balaban J connectivity index is 1.45. The monoisotopic (exact) mass is 382 g/mol. The van der Waals surface area contributed by atoms with Gasteiger partial charge in [0.25, 0.3) is 0 Å². The summed E-state index contributed by atoms with van der Waals surface area (Å²) in [5.74, 6) is -0.342. The third-order valence-electron chi connectivity index (χ3n) is 5.94. The van der Waals surface area contributed by atoms with Crippen LogP contribution < -0.4 is 0 Å². The summed E-state index contributed by atoms with van der Waals surface area (Å²) in [5.41, 5.74) is 1.44. The fourth-order valence-corrected chi connectivity index (χ4v) is 4.54. The molecule has 0 saturated carbocycles. The molecule has 2 aliphatic heterocycles. The highest BCUT2D eigenvalue weighted by atomic mass is 19.4. The smallest absolute Gasteiger partial charge is 0.342 e. The topological polar surface area (TPSA) is 23.6 Å². The van der Waals surface area contributed by atoms with Crippen molar-refractivity contribution in [3.8, 4) is 0 Å². The normalized spacial score (nSPS) is 23.9. The Morgan fingerprint density at radius 1 is 1.07 bits per heavy atom. The highest BCUT2D eigenvalue weighted by Gasteiger charge is 2.42. The summed E-state index contributed by atoms with van der Waals surface area (Å²) in [6, 6.07) is 10.5. The second-order valence-corrected chi connectivity index (χ2v) is 8.15. The molecule has 2 heterocycles. The molecule has 3 nitrogen and oxygen atoms in total. The lowest BCUT2D eigenvalue weighted by molar-refractivity contribution is -0.148. The molecular weight excluding hydrogens is 353 g/mol. The number of likely N-dealkylation sites (tertiary alicyclic amines) is 2. The first-order valence-corrected chi connectivity index (χ1v) is 9.96. The van der Waals surface area contributed by atoms with E-state index in [0.29, 0.717) is 13.1 Å². The van der Waals surface area contributed by atoms with Crippen molar-refractivity contribution in [2.45, 2.75) is 51.1 Å². The molecule has 2 saturated heterocycles. The van der Waals surface area contributed by atoms with Crippen LogP contribution >= 0.6 is 0 Å². The largest absolute Gasteiger partial charge is 0.389 e. The van der Waals surface area contributed by atoms with E-state index < -0.39 is 19.0 Å². The second kappa shape index (κ2) is 8.63. The van der Waals surface area contributed by atoms with E-state index in [1.165, 1.54) is 5.56 Å². The molecule has 3 rings (SSSR count). The maximum atomic E-state index is 12.4. The van der Waals surface area contributed by atoms with Crippen LogP contribution in [0.25, 0.3) is 0 Å². The standard InChI is InChI=1S/C21H29F3N2O/c22-21(23,24)11-9-19(27)26-15-12-20(17-26)10-5-14-25(16-20)13-4-8-18-6-2-1-3-7-18/h1-3,6-7H,4-5,8-17H2. The molecule has 27 heavy (non-hydrogen) atoms. The molecular formula is C21H29F3N2O. The van der Waals surface area contributed by atoms with E-state index in [9.17, 15) is 18.0 Å². The molecule has 2 aliphatic rings. The summed E-state index contributed by atoms with van der Waals surface area (Å²) in [6.45, 7) is 4.31. The predicted molar refractivity (Wildman–Crippen MR) is 99.4 cm³/mol. The van der Waals surface area contributed by atoms with Crippen molar-refractivity contribution in [3.63, 3.8) is 0 Å². The van der Waals surface area contributed by atoms with Crippen LogP contribution in [0.3, 0.4) is 0 Å². The van der Waals surface area contributed by atoms with Crippen LogP contribution in [-0.2, 0) is 11.2 Å². The van der Waals surface area contributed by atoms with Gasteiger partial charge in [-0.2, -0.15) is 13.2 Å².